The Balaban J connectivity index is 2.54. The number of likely N-dealkylation sites (N-methyl/N-ethyl adjacent to an activating group) is 1. The van der Waals surface area contributed by atoms with Crippen molar-refractivity contribution in [1.29, 1.82) is 0 Å². The molecule has 0 saturated carbocycles. The lowest BCUT2D eigenvalue weighted by Gasteiger charge is -2.33. The lowest BCUT2D eigenvalue weighted by atomic mass is 9.92. The maximum atomic E-state index is 12.2. The highest BCUT2D eigenvalue weighted by atomic mass is 16.4. The molecule has 0 aromatic rings. The average molecular weight is 242 g/mol. The molecule has 1 heterocycles. The zero-order chi connectivity index (χ0) is 12.8. The summed E-state index contributed by atoms with van der Waals surface area (Å²) in [7, 11) is 0. The molecule has 5 heteroatoms. The molecule has 0 aromatic carbocycles. The molecule has 1 rings (SSSR count). The summed E-state index contributed by atoms with van der Waals surface area (Å²) in [5, 5.41) is 11.9. The summed E-state index contributed by atoms with van der Waals surface area (Å²) >= 11 is 0. The molecule has 0 aromatic heterocycles. The van der Waals surface area contributed by atoms with Gasteiger partial charge in [0.15, 0.2) is 0 Å². The molecule has 2 unspecified atom stereocenters. The zero-order valence-electron chi connectivity index (χ0n) is 10.6. The highest BCUT2D eigenvalue weighted by Gasteiger charge is 2.30. The maximum absolute atomic E-state index is 12.2. The predicted molar refractivity (Wildman–Crippen MR) is 64.7 cm³/mol. The number of piperidine rings is 1. The van der Waals surface area contributed by atoms with Crippen LogP contribution in [0.25, 0.3) is 0 Å². The summed E-state index contributed by atoms with van der Waals surface area (Å²) < 4.78 is 0. The van der Waals surface area contributed by atoms with Crippen LogP contribution in [-0.2, 0) is 9.59 Å². The molecule has 0 aliphatic carbocycles. The molecule has 17 heavy (non-hydrogen) atoms. The molecule has 2 N–H and O–H groups in total. The van der Waals surface area contributed by atoms with Crippen LogP contribution < -0.4 is 5.32 Å². The molecule has 5 nitrogen and oxygen atoms in total. The van der Waals surface area contributed by atoms with Crippen LogP contribution in [0.4, 0.5) is 0 Å². The Hall–Kier alpha value is -1.10. The summed E-state index contributed by atoms with van der Waals surface area (Å²) in [6, 6.07) is -0.141. The molecule has 98 valence electrons. The van der Waals surface area contributed by atoms with E-state index in [1.807, 2.05) is 6.92 Å². The third-order valence-corrected chi connectivity index (χ3v) is 3.32. The summed E-state index contributed by atoms with van der Waals surface area (Å²) in [5.74, 6) is -0.489. The van der Waals surface area contributed by atoms with Gasteiger partial charge in [0, 0.05) is 13.1 Å². The fourth-order valence-corrected chi connectivity index (χ4v) is 2.23. The molecule has 0 radical (unpaired) electrons. The van der Waals surface area contributed by atoms with E-state index in [4.69, 9.17) is 5.11 Å². The van der Waals surface area contributed by atoms with Crippen LogP contribution in [0.15, 0.2) is 0 Å². The second-order valence-electron chi connectivity index (χ2n) is 4.61. The van der Waals surface area contributed by atoms with Gasteiger partial charge in [0.1, 0.15) is 0 Å². The first-order valence-electron chi connectivity index (χ1n) is 6.30. The van der Waals surface area contributed by atoms with Crippen molar-refractivity contribution < 1.29 is 14.7 Å². The largest absolute Gasteiger partial charge is 0.481 e. The van der Waals surface area contributed by atoms with Gasteiger partial charge in [-0.3, -0.25) is 9.59 Å². The lowest BCUT2D eigenvalue weighted by Crippen LogP contribution is -2.52. The predicted octanol–water partition coefficient (Wildman–Crippen LogP) is 0.698. The van der Waals surface area contributed by atoms with Crippen LogP contribution in [0.3, 0.4) is 0 Å². The Morgan fingerprint density at radius 1 is 1.47 bits per heavy atom. The molecule has 1 aliphatic rings. The SMILES string of the molecule is CCN(CCC(=O)O)C(=O)C1NCCCC1C. The van der Waals surface area contributed by atoms with Gasteiger partial charge in [-0.2, -0.15) is 0 Å². The van der Waals surface area contributed by atoms with Crippen molar-refractivity contribution >= 4 is 11.9 Å². The fraction of sp³-hybridized carbons (Fsp3) is 0.833. The van der Waals surface area contributed by atoms with Crippen LogP contribution >= 0.6 is 0 Å². The van der Waals surface area contributed by atoms with Gasteiger partial charge in [-0.25, -0.2) is 0 Å². The first-order valence-corrected chi connectivity index (χ1v) is 6.30. The number of carbonyl (C=O) groups is 2. The first kappa shape index (κ1) is 14.0. The second-order valence-corrected chi connectivity index (χ2v) is 4.61. The Labute approximate surface area is 102 Å². The molecule has 2 atom stereocenters. The molecule has 1 saturated heterocycles. The lowest BCUT2D eigenvalue weighted by molar-refractivity contribution is -0.139. The molecule has 1 fully saturated rings. The van der Waals surface area contributed by atoms with Crippen molar-refractivity contribution in [1.82, 2.24) is 10.2 Å². The van der Waals surface area contributed by atoms with Gasteiger partial charge < -0.3 is 15.3 Å². The number of hydrogen-bond donors (Lipinski definition) is 2. The number of carbonyl (C=O) groups excluding carboxylic acids is 1. The van der Waals surface area contributed by atoms with Gasteiger partial charge in [-0.1, -0.05) is 6.92 Å². The Bertz CT molecular complexity index is 281. The highest BCUT2D eigenvalue weighted by molar-refractivity contribution is 5.82. The minimum Gasteiger partial charge on any atom is -0.481 e. The first-order chi connectivity index (χ1) is 8.06. The van der Waals surface area contributed by atoms with E-state index in [1.54, 1.807) is 4.90 Å². The van der Waals surface area contributed by atoms with Crippen LogP contribution in [0.2, 0.25) is 0 Å². The van der Waals surface area contributed by atoms with E-state index in [2.05, 4.69) is 12.2 Å². The van der Waals surface area contributed by atoms with E-state index in [-0.39, 0.29) is 18.4 Å². The molecular weight excluding hydrogens is 220 g/mol. The third kappa shape index (κ3) is 4.00. The quantitative estimate of drug-likeness (QED) is 0.744. The van der Waals surface area contributed by atoms with Crippen LogP contribution in [-0.4, -0.2) is 47.6 Å². The summed E-state index contributed by atoms with van der Waals surface area (Å²) in [5.41, 5.74) is 0. The Morgan fingerprint density at radius 3 is 2.71 bits per heavy atom. The van der Waals surface area contributed by atoms with Crippen molar-refractivity contribution in [2.45, 2.75) is 39.2 Å². The van der Waals surface area contributed by atoms with E-state index in [0.717, 1.165) is 19.4 Å². The van der Waals surface area contributed by atoms with Crippen LogP contribution in [0.5, 0.6) is 0 Å². The number of carboxylic acids is 1. The van der Waals surface area contributed by atoms with Crippen molar-refractivity contribution in [3.63, 3.8) is 0 Å². The van der Waals surface area contributed by atoms with E-state index >= 15 is 0 Å². The number of carboxylic acid groups (broad SMARTS) is 1. The van der Waals surface area contributed by atoms with Gasteiger partial charge in [0.2, 0.25) is 5.91 Å². The van der Waals surface area contributed by atoms with Gasteiger partial charge in [-0.15, -0.1) is 0 Å². The number of nitrogens with one attached hydrogen (secondary N) is 1. The molecular formula is C12H22N2O3. The van der Waals surface area contributed by atoms with E-state index in [0.29, 0.717) is 19.0 Å². The average Bonchev–Trinajstić information content (AvgIpc) is 2.29. The summed E-state index contributed by atoms with van der Waals surface area (Å²) in [6.07, 6.45) is 2.17. The smallest absolute Gasteiger partial charge is 0.305 e. The van der Waals surface area contributed by atoms with E-state index < -0.39 is 5.97 Å². The topological polar surface area (TPSA) is 69.6 Å². The van der Waals surface area contributed by atoms with Crippen molar-refractivity contribution in [2.24, 2.45) is 5.92 Å². The molecule has 1 aliphatic heterocycles. The third-order valence-electron chi connectivity index (χ3n) is 3.32. The standard InChI is InChI=1S/C12H22N2O3/c1-3-14(8-6-10(15)16)12(17)11-9(2)5-4-7-13-11/h9,11,13H,3-8H2,1-2H3,(H,15,16). The maximum Gasteiger partial charge on any atom is 0.305 e. The normalized spacial score (nSPS) is 24.4. The highest BCUT2D eigenvalue weighted by Crippen LogP contribution is 2.17. The number of aliphatic carboxylic acids is 1. The Kier molecular flexibility index (Phi) is 5.41. The van der Waals surface area contributed by atoms with Gasteiger partial charge in [-0.05, 0) is 32.2 Å². The van der Waals surface area contributed by atoms with Gasteiger partial charge >= 0.3 is 5.97 Å². The minimum atomic E-state index is -0.860. The fourth-order valence-electron chi connectivity index (χ4n) is 2.23. The van der Waals surface area contributed by atoms with Crippen molar-refractivity contribution in [3.05, 3.63) is 0 Å². The van der Waals surface area contributed by atoms with E-state index in [9.17, 15) is 9.59 Å². The number of rotatable bonds is 5. The monoisotopic (exact) mass is 242 g/mol. The minimum absolute atomic E-state index is 0.0146. The van der Waals surface area contributed by atoms with Gasteiger partial charge in [0.05, 0.1) is 12.5 Å². The summed E-state index contributed by atoms with van der Waals surface area (Å²) in [4.78, 5) is 24.4. The number of hydrogen-bond acceptors (Lipinski definition) is 3. The van der Waals surface area contributed by atoms with Gasteiger partial charge in [0.25, 0.3) is 0 Å². The van der Waals surface area contributed by atoms with E-state index in [1.165, 1.54) is 0 Å². The molecule has 0 spiro atoms. The summed E-state index contributed by atoms with van der Waals surface area (Å²) in [6.45, 7) is 5.69. The molecule has 1 amide bonds. The van der Waals surface area contributed by atoms with Crippen molar-refractivity contribution in [3.8, 4) is 0 Å². The van der Waals surface area contributed by atoms with Crippen LogP contribution in [0.1, 0.15) is 33.1 Å². The number of nitrogens with zero attached hydrogens (tertiary/aromatic N) is 1. The van der Waals surface area contributed by atoms with Crippen molar-refractivity contribution in [2.75, 3.05) is 19.6 Å². The molecule has 0 bridgehead atoms. The Morgan fingerprint density at radius 2 is 2.18 bits per heavy atom. The van der Waals surface area contributed by atoms with Crippen LogP contribution in [0, 0.1) is 5.92 Å². The zero-order valence-corrected chi connectivity index (χ0v) is 10.6. The second kappa shape index (κ2) is 6.59. The number of amides is 1.